The van der Waals surface area contributed by atoms with Gasteiger partial charge in [0, 0.05) is 26.1 Å². The van der Waals surface area contributed by atoms with Crippen LogP contribution in [-0.4, -0.2) is 47.9 Å². The molecule has 4 rings (SSSR count). The number of benzene rings is 2. The van der Waals surface area contributed by atoms with Crippen molar-refractivity contribution >= 4 is 11.8 Å². The third-order valence-corrected chi connectivity index (χ3v) is 7.50. The summed E-state index contributed by atoms with van der Waals surface area (Å²) in [5, 5.41) is 0. The predicted octanol–water partition coefficient (Wildman–Crippen LogP) is 5.30. The van der Waals surface area contributed by atoms with Gasteiger partial charge in [-0.25, -0.2) is 0 Å². The Bertz CT molecular complexity index is 1010. The fourth-order valence-electron chi connectivity index (χ4n) is 5.29. The maximum Gasteiger partial charge on any atom is 0.263 e. The Labute approximate surface area is 204 Å². The van der Waals surface area contributed by atoms with Gasteiger partial charge in [0.05, 0.1) is 6.04 Å². The number of likely N-dealkylation sites (N-methyl/N-ethyl adjacent to an activating group) is 1. The standard InChI is InChI=1S/C29H38N2O3/c1-5-26(29(33)30(4)6-2)34-24-16-15-21-17-18-31(28(32)23-9-7-8-10-23)27(25(21)19-24)22-13-11-20(3)12-14-22/h11-16,19,23,26-27H,5-10,17-18H2,1-4H3. The molecule has 5 nitrogen and oxygen atoms in total. The summed E-state index contributed by atoms with van der Waals surface area (Å²) < 4.78 is 6.22. The average molecular weight is 463 g/mol. The molecule has 0 spiro atoms. The van der Waals surface area contributed by atoms with Gasteiger partial charge in [-0.3, -0.25) is 9.59 Å². The fourth-order valence-corrected chi connectivity index (χ4v) is 5.29. The molecular weight excluding hydrogens is 424 g/mol. The van der Waals surface area contributed by atoms with Crippen molar-refractivity contribution in [3.05, 3.63) is 64.7 Å². The summed E-state index contributed by atoms with van der Waals surface area (Å²) in [7, 11) is 1.81. The zero-order valence-electron chi connectivity index (χ0n) is 21.0. The second kappa shape index (κ2) is 10.6. The van der Waals surface area contributed by atoms with E-state index in [0.29, 0.717) is 18.7 Å². The minimum absolute atomic E-state index is 0.00385. The Morgan fingerprint density at radius 1 is 1.09 bits per heavy atom. The summed E-state index contributed by atoms with van der Waals surface area (Å²) in [6.45, 7) is 7.41. The molecule has 1 saturated carbocycles. The highest BCUT2D eigenvalue weighted by Crippen LogP contribution is 2.40. The summed E-state index contributed by atoms with van der Waals surface area (Å²) in [5.74, 6) is 1.11. The highest BCUT2D eigenvalue weighted by molar-refractivity contribution is 5.81. The molecule has 1 aliphatic heterocycles. The zero-order chi connectivity index (χ0) is 24.2. The molecule has 182 valence electrons. The van der Waals surface area contributed by atoms with Crippen LogP contribution in [0.2, 0.25) is 0 Å². The van der Waals surface area contributed by atoms with E-state index in [9.17, 15) is 9.59 Å². The number of aryl methyl sites for hydroxylation is 1. The molecule has 2 aliphatic rings. The molecule has 1 fully saturated rings. The normalized spacial score (nSPS) is 18.9. The summed E-state index contributed by atoms with van der Waals surface area (Å²) in [5.41, 5.74) is 4.70. The molecule has 1 heterocycles. The highest BCUT2D eigenvalue weighted by Gasteiger charge is 2.36. The van der Waals surface area contributed by atoms with E-state index in [1.807, 2.05) is 19.9 Å². The third kappa shape index (κ3) is 4.98. The van der Waals surface area contributed by atoms with Crippen molar-refractivity contribution in [1.29, 1.82) is 0 Å². The van der Waals surface area contributed by atoms with Crippen LogP contribution in [0.25, 0.3) is 0 Å². The van der Waals surface area contributed by atoms with E-state index in [4.69, 9.17) is 4.74 Å². The van der Waals surface area contributed by atoms with Crippen molar-refractivity contribution in [3.63, 3.8) is 0 Å². The Morgan fingerprint density at radius 2 is 1.79 bits per heavy atom. The fraction of sp³-hybridized carbons (Fsp3) is 0.517. The average Bonchev–Trinajstić information content (AvgIpc) is 3.41. The molecule has 1 aliphatic carbocycles. The van der Waals surface area contributed by atoms with Gasteiger partial charge in [-0.2, -0.15) is 0 Å². The van der Waals surface area contributed by atoms with Gasteiger partial charge in [0.25, 0.3) is 5.91 Å². The lowest BCUT2D eigenvalue weighted by Gasteiger charge is -2.39. The zero-order valence-corrected chi connectivity index (χ0v) is 21.0. The van der Waals surface area contributed by atoms with Crippen LogP contribution in [0.15, 0.2) is 42.5 Å². The largest absolute Gasteiger partial charge is 0.481 e. The van der Waals surface area contributed by atoms with Crippen LogP contribution < -0.4 is 4.74 Å². The first-order chi connectivity index (χ1) is 16.4. The third-order valence-electron chi connectivity index (χ3n) is 7.50. The SMILES string of the molecule is CCC(Oc1ccc2c(c1)C(c1ccc(C)cc1)N(C(=O)C1CCCC1)CC2)C(=O)N(C)CC. The van der Waals surface area contributed by atoms with Crippen molar-refractivity contribution in [2.45, 2.75) is 71.4 Å². The molecule has 34 heavy (non-hydrogen) atoms. The monoisotopic (exact) mass is 462 g/mol. The molecule has 2 aromatic carbocycles. The number of hydrogen-bond acceptors (Lipinski definition) is 3. The van der Waals surface area contributed by atoms with Gasteiger partial charge in [-0.15, -0.1) is 0 Å². The van der Waals surface area contributed by atoms with Crippen molar-refractivity contribution in [2.75, 3.05) is 20.1 Å². The van der Waals surface area contributed by atoms with Gasteiger partial charge in [0.1, 0.15) is 5.75 Å². The van der Waals surface area contributed by atoms with E-state index >= 15 is 0 Å². The Balaban J connectivity index is 1.69. The van der Waals surface area contributed by atoms with Gasteiger partial charge in [0.15, 0.2) is 6.10 Å². The highest BCUT2D eigenvalue weighted by atomic mass is 16.5. The second-order valence-electron chi connectivity index (χ2n) is 9.80. The molecule has 2 unspecified atom stereocenters. The summed E-state index contributed by atoms with van der Waals surface area (Å²) in [4.78, 5) is 30.2. The maximum atomic E-state index is 13.6. The summed E-state index contributed by atoms with van der Waals surface area (Å²) in [6, 6.07) is 14.6. The van der Waals surface area contributed by atoms with Crippen LogP contribution in [0, 0.1) is 12.8 Å². The van der Waals surface area contributed by atoms with Crippen LogP contribution in [0.1, 0.15) is 74.2 Å². The molecule has 0 bridgehead atoms. The van der Waals surface area contributed by atoms with Crippen molar-refractivity contribution < 1.29 is 14.3 Å². The first-order valence-corrected chi connectivity index (χ1v) is 12.8. The first-order valence-electron chi connectivity index (χ1n) is 12.8. The number of amides is 2. The van der Waals surface area contributed by atoms with Gasteiger partial charge in [0.2, 0.25) is 5.91 Å². The lowest BCUT2D eigenvalue weighted by atomic mass is 9.86. The second-order valence-corrected chi connectivity index (χ2v) is 9.80. The molecule has 0 aromatic heterocycles. The molecule has 0 N–H and O–H groups in total. The van der Waals surface area contributed by atoms with Gasteiger partial charge in [-0.1, -0.05) is 55.7 Å². The molecule has 0 radical (unpaired) electrons. The van der Waals surface area contributed by atoms with E-state index in [1.165, 1.54) is 11.1 Å². The minimum atomic E-state index is -0.513. The van der Waals surface area contributed by atoms with E-state index in [0.717, 1.165) is 49.8 Å². The Morgan fingerprint density at radius 3 is 2.44 bits per heavy atom. The molecule has 2 atom stereocenters. The van der Waals surface area contributed by atoms with E-state index < -0.39 is 6.10 Å². The quantitative estimate of drug-likeness (QED) is 0.561. The van der Waals surface area contributed by atoms with Gasteiger partial charge in [-0.05, 0) is 68.4 Å². The molecule has 0 saturated heterocycles. The Hall–Kier alpha value is -2.82. The molecule has 2 amide bonds. The number of fused-ring (bicyclic) bond motifs is 1. The number of carbonyl (C=O) groups excluding carboxylic acids is 2. The van der Waals surface area contributed by atoms with Gasteiger partial charge >= 0.3 is 0 Å². The topological polar surface area (TPSA) is 49.9 Å². The van der Waals surface area contributed by atoms with Gasteiger partial charge < -0.3 is 14.5 Å². The lowest BCUT2D eigenvalue weighted by molar-refractivity contribution is -0.137. The summed E-state index contributed by atoms with van der Waals surface area (Å²) in [6.07, 6.45) is 5.22. The lowest BCUT2D eigenvalue weighted by Crippen LogP contribution is -2.43. The number of rotatable bonds is 7. The van der Waals surface area contributed by atoms with Crippen molar-refractivity contribution in [2.24, 2.45) is 5.92 Å². The van der Waals surface area contributed by atoms with Crippen LogP contribution in [-0.2, 0) is 16.0 Å². The van der Waals surface area contributed by atoms with Crippen LogP contribution in [0.5, 0.6) is 5.75 Å². The Kier molecular flexibility index (Phi) is 7.60. The van der Waals surface area contributed by atoms with Crippen molar-refractivity contribution in [1.82, 2.24) is 9.80 Å². The van der Waals surface area contributed by atoms with E-state index in [-0.39, 0.29) is 23.8 Å². The molecule has 5 heteroatoms. The van der Waals surface area contributed by atoms with E-state index in [2.05, 4.69) is 48.2 Å². The molecule has 2 aromatic rings. The molecular formula is C29H38N2O3. The summed E-state index contributed by atoms with van der Waals surface area (Å²) >= 11 is 0. The number of carbonyl (C=O) groups is 2. The van der Waals surface area contributed by atoms with Crippen LogP contribution >= 0.6 is 0 Å². The number of hydrogen-bond donors (Lipinski definition) is 0. The first kappa shape index (κ1) is 24.3. The number of nitrogens with zero attached hydrogens (tertiary/aromatic N) is 2. The minimum Gasteiger partial charge on any atom is -0.481 e. The van der Waals surface area contributed by atoms with Crippen molar-refractivity contribution in [3.8, 4) is 5.75 Å². The predicted molar refractivity (Wildman–Crippen MR) is 135 cm³/mol. The maximum absolute atomic E-state index is 13.6. The number of ether oxygens (including phenoxy) is 1. The van der Waals surface area contributed by atoms with Crippen LogP contribution in [0.4, 0.5) is 0 Å². The van der Waals surface area contributed by atoms with E-state index in [1.54, 1.807) is 11.9 Å². The smallest absolute Gasteiger partial charge is 0.263 e. The van der Waals surface area contributed by atoms with Crippen LogP contribution in [0.3, 0.4) is 0 Å².